The molecule has 0 aromatic carbocycles. The van der Waals surface area contributed by atoms with Crippen LogP contribution in [0.4, 0.5) is 0 Å². The van der Waals surface area contributed by atoms with Crippen molar-refractivity contribution in [1.29, 1.82) is 0 Å². The molecule has 1 atom stereocenters. The Bertz CT molecular complexity index is 606. The zero-order valence-corrected chi connectivity index (χ0v) is 12.3. The average Bonchev–Trinajstić information content (AvgIpc) is 2.42. The van der Waals surface area contributed by atoms with Gasteiger partial charge >= 0.3 is 0 Å². The fourth-order valence-corrected chi connectivity index (χ4v) is 2.62. The number of nitrogens with one attached hydrogen (secondary N) is 1. The van der Waals surface area contributed by atoms with Crippen molar-refractivity contribution in [1.82, 2.24) is 9.88 Å². The molecule has 1 heterocycles. The van der Waals surface area contributed by atoms with Gasteiger partial charge in [0.15, 0.2) is 5.78 Å². The molecule has 1 aliphatic rings. The summed E-state index contributed by atoms with van der Waals surface area (Å²) in [5.74, 6) is -0.216. The van der Waals surface area contributed by atoms with E-state index in [0.717, 1.165) is 6.42 Å². The molecule has 0 fully saturated rings. The maximum Gasteiger partial charge on any atom is 0.251 e. The predicted octanol–water partition coefficient (Wildman–Crippen LogP) is 0.518. The molecule has 0 radical (unpaired) electrons. The lowest BCUT2D eigenvalue weighted by Crippen LogP contribution is -2.40. The van der Waals surface area contributed by atoms with E-state index in [-0.39, 0.29) is 29.8 Å². The molecule has 0 bridgehead atoms. The van der Waals surface area contributed by atoms with E-state index < -0.39 is 0 Å². The number of Topliss-reactive ketones (excluding diaryl/α,β-unsaturated/α-hetero) is 1. The lowest BCUT2D eigenvalue weighted by molar-refractivity contribution is -0.122. The minimum Gasteiger partial charge on any atom is -0.383 e. The molecule has 1 N–H and O–H groups in total. The van der Waals surface area contributed by atoms with Crippen LogP contribution in [0.1, 0.15) is 35.8 Å². The first kappa shape index (κ1) is 15.4. The van der Waals surface area contributed by atoms with E-state index in [0.29, 0.717) is 30.7 Å². The van der Waals surface area contributed by atoms with Crippen LogP contribution < -0.4 is 10.9 Å². The lowest BCUT2D eigenvalue weighted by Gasteiger charge is -2.20. The third kappa shape index (κ3) is 3.58. The Morgan fingerprint density at radius 2 is 2.14 bits per heavy atom. The third-order valence-corrected chi connectivity index (χ3v) is 3.54. The molecule has 1 aromatic rings. The fraction of sp³-hybridized carbons (Fsp3) is 0.533. The summed E-state index contributed by atoms with van der Waals surface area (Å²) >= 11 is 0. The summed E-state index contributed by atoms with van der Waals surface area (Å²) in [6.07, 6.45) is 1.87. The number of ether oxygens (including phenoxy) is 1. The highest BCUT2D eigenvalue weighted by atomic mass is 16.5. The van der Waals surface area contributed by atoms with Crippen LogP contribution in [0.15, 0.2) is 16.9 Å². The molecule has 0 saturated carbocycles. The maximum absolute atomic E-state index is 12.0. The third-order valence-electron chi connectivity index (χ3n) is 3.54. The highest BCUT2D eigenvalue weighted by Gasteiger charge is 2.21. The van der Waals surface area contributed by atoms with Gasteiger partial charge in [-0.05, 0) is 25.8 Å². The number of ketones is 1. The summed E-state index contributed by atoms with van der Waals surface area (Å²) in [6.45, 7) is 2.17. The first-order valence-electron chi connectivity index (χ1n) is 7.07. The van der Waals surface area contributed by atoms with Crippen molar-refractivity contribution in [2.45, 2.75) is 38.8 Å². The van der Waals surface area contributed by atoms with E-state index in [1.165, 1.54) is 10.6 Å². The Balaban J connectivity index is 2.20. The van der Waals surface area contributed by atoms with Gasteiger partial charge < -0.3 is 14.6 Å². The number of carbonyl (C=O) groups is 2. The summed E-state index contributed by atoms with van der Waals surface area (Å²) in [7, 11) is 1.56. The molecule has 0 saturated heterocycles. The molecule has 0 aliphatic heterocycles. The molecule has 114 valence electrons. The molecule has 1 amide bonds. The monoisotopic (exact) mass is 292 g/mol. The first-order valence-corrected chi connectivity index (χ1v) is 7.07. The van der Waals surface area contributed by atoms with Gasteiger partial charge in [-0.15, -0.1) is 0 Å². The van der Waals surface area contributed by atoms with Crippen molar-refractivity contribution < 1.29 is 14.3 Å². The van der Waals surface area contributed by atoms with Gasteiger partial charge in [-0.1, -0.05) is 0 Å². The minimum absolute atomic E-state index is 0.0400. The number of amides is 1. The van der Waals surface area contributed by atoms with E-state index in [4.69, 9.17) is 4.74 Å². The molecule has 2 rings (SSSR count). The van der Waals surface area contributed by atoms with Crippen molar-refractivity contribution in [2.75, 3.05) is 13.7 Å². The summed E-state index contributed by atoms with van der Waals surface area (Å²) < 4.78 is 6.36. The Morgan fingerprint density at radius 3 is 2.86 bits per heavy atom. The number of hydrogen-bond acceptors (Lipinski definition) is 4. The zero-order chi connectivity index (χ0) is 15.4. The van der Waals surface area contributed by atoms with Crippen LogP contribution in [-0.4, -0.2) is 36.0 Å². The van der Waals surface area contributed by atoms with Gasteiger partial charge in [-0.3, -0.25) is 14.4 Å². The molecular formula is C15H20N2O4. The molecule has 1 aliphatic carbocycles. The average molecular weight is 292 g/mol. The summed E-state index contributed by atoms with van der Waals surface area (Å²) in [4.78, 5) is 35.9. The van der Waals surface area contributed by atoms with Crippen LogP contribution in [0.5, 0.6) is 0 Å². The van der Waals surface area contributed by atoms with Crippen LogP contribution in [-0.2, 0) is 22.5 Å². The van der Waals surface area contributed by atoms with Crippen LogP contribution in [0.25, 0.3) is 0 Å². The maximum atomic E-state index is 12.0. The van der Waals surface area contributed by atoms with E-state index >= 15 is 0 Å². The standard InChI is InChI=1S/C15H20N2O4/c1-10(9-21-2)16-14(19)8-17-12-4-3-5-13(18)11(12)6-7-15(17)20/h6-7,10H,3-5,8-9H2,1-2H3,(H,16,19). The van der Waals surface area contributed by atoms with E-state index in [1.54, 1.807) is 13.2 Å². The Labute approximate surface area is 123 Å². The molecule has 0 spiro atoms. The number of pyridine rings is 1. The quantitative estimate of drug-likeness (QED) is 0.858. The number of nitrogens with zero attached hydrogens (tertiary/aromatic N) is 1. The lowest BCUT2D eigenvalue weighted by atomic mass is 9.94. The predicted molar refractivity (Wildman–Crippen MR) is 77.5 cm³/mol. The van der Waals surface area contributed by atoms with Crippen molar-refractivity contribution in [2.24, 2.45) is 0 Å². The van der Waals surface area contributed by atoms with Crippen LogP contribution in [0.2, 0.25) is 0 Å². The summed E-state index contributed by atoms with van der Waals surface area (Å²) in [5.41, 5.74) is 0.991. The van der Waals surface area contributed by atoms with Gasteiger partial charge in [0.25, 0.3) is 5.56 Å². The van der Waals surface area contributed by atoms with E-state index in [1.807, 2.05) is 6.92 Å². The Hall–Kier alpha value is -1.95. The largest absolute Gasteiger partial charge is 0.383 e. The van der Waals surface area contributed by atoms with Crippen molar-refractivity contribution in [3.63, 3.8) is 0 Å². The number of hydrogen-bond donors (Lipinski definition) is 1. The molecule has 1 unspecified atom stereocenters. The number of rotatable bonds is 5. The van der Waals surface area contributed by atoms with Crippen LogP contribution in [0.3, 0.4) is 0 Å². The zero-order valence-electron chi connectivity index (χ0n) is 12.3. The van der Waals surface area contributed by atoms with Gasteiger partial charge in [0.1, 0.15) is 6.54 Å². The second-order valence-electron chi connectivity index (χ2n) is 5.32. The van der Waals surface area contributed by atoms with E-state index in [9.17, 15) is 14.4 Å². The van der Waals surface area contributed by atoms with Gasteiger partial charge in [0.05, 0.1) is 6.61 Å². The Kier molecular flexibility index (Phi) is 4.90. The van der Waals surface area contributed by atoms with Gasteiger partial charge in [-0.2, -0.15) is 0 Å². The van der Waals surface area contributed by atoms with Crippen LogP contribution in [0, 0.1) is 0 Å². The normalized spacial score (nSPS) is 15.4. The number of methoxy groups -OCH3 is 1. The minimum atomic E-state index is -0.256. The molecule has 1 aromatic heterocycles. The second kappa shape index (κ2) is 6.67. The molecule has 21 heavy (non-hydrogen) atoms. The van der Waals surface area contributed by atoms with Crippen LogP contribution >= 0.6 is 0 Å². The SMILES string of the molecule is COCC(C)NC(=O)Cn1c2c(ccc1=O)C(=O)CCC2. The number of carbonyl (C=O) groups excluding carboxylic acids is 2. The smallest absolute Gasteiger partial charge is 0.251 e. The molecule has 6 nitrogen and oxygen atoms in total. The number of fused-ring (bicyclic) bond motifs is 1. The summed E-state index contributed by atoms with van der Waals surface area (Å²) in [5, 5.41) is 2.77. The highest BCUT2D eigenvalue weighted by Crippen LogP contribution is 2.19. The molecular weight excluding hydrogens is 272 g/mol. The van der Waals surface area contributed by atoms with Gasteiger partial charge in [-0.25, -0.2) is 0 Å². The topological polar surface area (TPSA) is 77.4 Å². The summed E-state index contributed by atoms with van der Waals surface area (Å²) in [6, 6.07) is 2.80. The number of aromatic nitrogens is 1. The second-order valence-corrected chi connectivity index (χ2v) is 5.32. The fourth-order valence-electron chi connectivity index (χ4n) is 2.62. The van der Waals surface area contributed by atoms with Gasteiger partial charge in [0.2, 0.25) is 5.91 Å². The molecule has 6 heteroatoms. The van der Waals surface area contributed by atoms with Crippen molar-refractivity contribution in [3.8, 4) is 0 Å². The van der Waals surface area contributed by atoms with Crippen molar-refractivity contribution in [3.05, 3.63) is 33.7 Å². The van der Waals surface area contributed by atoms with Gasteiger partial charge in [0, 0.05) is 36.9 Å². The first-order chi connectivity index (χ1) is 10.0. The Morgan fingerprint density at radius 1 is 1.38 bits per heavy atom. The highest BCUT2D eigenvalue weighted by molar-refractivity contribution is 5.98. The van der Waals surface area contributed by atoms with Crippen molar-refractivity contribution >= 4 is 11.7 Å². The van der Waals surface area contributed by atoms with E-state index in [2.05, 4.69) is 5.32 Å².